The highest BCUT2D eigenvalue weighted by molar-refractivity contribution is 5.48. The molecule has 0 saturated carbocycles. The molecule has 3 rings (SSSR count). The van der Waals surface area contributed by atoms with Crippen LogP contribution >= 0.6 is 0 Å². The van der Waals surface area contributed by atoms with Crippen LogP contribution in [-0.4, -0.2) is 20.3 Å². The lowest BCUT2D eigenvalue weighted by Gasteiger charge is -2.28. The fraction of sp³-hybridized carbons (Fsp3) is 0.333. The van der Waals surface area contributed by atoms with Gasteiger partial charge >= 0.3 is 0 Å². The molecule has 1 unspecified atom stereocenters. The molecule has 1 N–H and O–H groups in total. The zero-order valence-electron chi connectivity index (χ0n) is 12.6. The van der Waals surface area contributed by atoms with Crippen LogP contribution in [0, 0.1) is 0 Å². The summed E-state index contributed by atoms with van der Waals surface area (Å²) < 4.78 is 10.9. The van der Waals surface area contributed by atoms with Crippen molar-refractivity contribution in [1.82, 2.24) is 5.32 Å². The molecule has 21 heavy (non-hydrogen) atoms. The average molecular weight is 283 g/mol. The number of benzene rings is 2. The summed E-state index contributed by atoms with van der Waals surface area (Å²) in [6.45, 7) is 0.847. The summed E-state index contributed by atoms with van der Waals surface area (Å²) in [7, 11) is 3.41. The summed E-state index contributed by atoms with van der Waals surface area (Å²) in [6, 6.07) is 15.2. The van der Waals surface area contributed by atoms with Gasteiger partial charge in [-0.15, -0.1) is 0 Å². The number of hydrogen-bond donors (Lipinski definition) is 1. The molecule has 1 atom stereocenters. The number of ether oxygens (including phenoxy) is 2. The Hall–Kier alpha value is -2.00. The molecule has 0 amide bonds. The van der Waals surface area contributed by atoms with Crippen molar-refractivity contribution in [3.05, 3.63) is 59.2 Å². The summed E-state index contributed by atoms with van der Waals surface area (Å²) in [5, 5.41) is 3.62. The Kier molecular flexibility index (Phi) is 4.11. The third-order valence-corrected chi connectivity index (χ3v) is 4.09. The summed E-state index contributed by atoms with van der Waals surface area (Å²) in [5.74, 6) is 1.78. The molecule has 0 aromatic heterocycles. The number of rotatable bonds is 4. The van der Waals surface area contributed by atoms with Gasteiger partial charge in [0.05, 0.1) is 14.2 Å². The zero-order valence-corrected chi connectivity index (χ0v) is 12.6. The lowest BCUT2D eigenvalue weighted by molar-refractivity contribution is 0.379. The van der Waals surface area contributed by atoms with E-state index >= 15 is 0 Å². The van der Waals surface area contributed by atoms with Crippen LogP contribution < -0.4 is 14.8 Å². The van der Waals surface area contributed by atoms with Crippen LogP contribution in [0.15, 0.2) is 42.5 Å². The highest BCUT2D eigenvalue weighted by Crippen LogP contribution is 2.32. The summed E-state index contributed by atoms with van der Waals surface area (Å²) in [6.07, 6.45) is 2.04. The summed E-state index contributed by atoms with van der Waals surface area (Å²) in [5.41, 5.74) is 3.95. The van der Waals surface area contributed by atoms with Crippen LogP contribution in [0.3, 0.4) is 0 Å². The van der Waals surface area contributed by atoms with E-state index in [0.29, 0.717) is 6.04 Å². The number of methoxy groups -OCH3 is 2. The fourth-order valence-corrected chi connectivity index (χ4v) is 2.98. The standard InChI is InChI=1S/C18H21NO2/c1-20-16-10-14-9-15(8-13-6-4-3-5-7-13)19-12-17(14)18(11-16)21-2/h3-7,10-11,15,19H,8-9,12H2,1-2H3. The van der Waals surface area contributed by atoms with Gasteiger partial charge in [0.25, 0.3) is 0 Å². The van der Waals surface area contributed by atoms with Crippen LogP contribution in [0.4, 0.5) is 0 Å². The lowest BCUT2D eigenvalue weighted by Crippen LogP contribution is -2.37. The number of hydrogen-bond acceptors (Lipinski definition) is 3. The predicted octanol–water partition coefficient (Wildman–Crippen LogP) is 2.96. The maximum Gasteiger partial charge on any atom is 0.127 e. The van der Waals surface area contributed by atoms with Crippen molar-refractivity contribution in [1.29, 1.82) is 0 Å². The third-order valence-electron chi connectivity index (χ3n) is 4.09. The van der Waals surface area contributed by atoms with E-state index in [0.717, 1.165) is 30.9 Å². The van der Waals surface area contributed by atoms with Crippen molar-refractivity contribution < 1.29 is 9.47 Å². The van der Waals surface area contributed by atoms with Gasteiger partial charge in [-0.05, 0) is 30.0 Å². The van der Waals surface area contributed by atoms with Gasteiger partial charge in [-0.1, -0.05) is 30.3 Å². The van der Waals surface area contributed by atoms with Crippen LogP contribution in [0.1, 0.15) is 16.7 Å². The van der Waals surface area contributed by atoms with Gasteiger partial charge in [0, 0.05) is 24.2 Å². The minimum absolute atomic E-state index is 0.455. The van der Waals surface area contributed by atoms with Gasteiger partial charge < -0.3 is 14.8 Å². The molecule has 0 spiro atoms. The van der Waals surface area contributed by atoms with E-state index in [2.05, 4.69) is 41.7 Å². The molecule has 0 saturated heterocycles. The normalized spacial score (nSPS) is 17.1. The highest BCUT2D eigenvalue weighted by Gasteiger charge is 2.22. The van der Waals surface area contributed by atoms with Gasteiger partial charge in [0.1, 0.15) is 11.5 Å². The van der Waals surface area contributed by atoms with Gasteiger partial charge in [0.2, 0.25) is 0 Å². The molecular weight excluding hydrogens is 262 g/mol. The third kappa shape index (κ3) is 3.03. The predicted molar refractivity (Wildman–Crippen MR) is 84.0 cm³/mol. The van der Waals surface area contributed by atoms with Crippen molar-refractivity contribution in [2.24, 2.45) is 0 Å². The Morgan fingerprint density at radius 2 is 1.90 bits per heavy atom. The van der Waals surface area contributed by atoms with Gasteiger partial charge in [-0.25, -0.2) is 0 Å². The molecule has 1 aliphatic rings. The van der Waals surface area contributed by atoms with Crippen molar-refractivity contribution in [2.45, 2.75) is 25.4 Å². The van der Waals surface area contributed by atoms with Crippen molar-refractivity contribution >= 4 is 0 Å². The molecule has 1 heterocycles. The minimum Gasteiger partial charge on any atom is -0.497 e. The Bertz CT molecular complexity index is 610. The van der Waals surface area contributed by atoms with E-state index in [4.69, 9.17) is 9.47 Å². The van der Waals surface area contributed by atoms with E-state index < -0.39 is 0 Å². The van der Waals surface area contributed by atoms with Gasteiger partial charge in [-0.2, -0.15) is 0 Å². The molecule has 2 aromatic carbocycles. The second kappa shape index (κ2) is 6.19. The van der Waals surface area contributed by atoms with Crippen molar-refractivity contribution in [3.63, 3.8) is 0 Å². The molecule has 3 nitrogen and oxygen atoms in total. The maximum atomic E-state index is 5.49. The van der Waals surface area contributed by atoms with Crippen molar-refractivity contribution in [2.75, 3.05) is 14.2 Å². The molecule has 0 radical (unpaired) electrons. The fourth-order valence-electron chi connectivity index (χ4n) is 2.98. The molecule has 110 valence electrons. The second-order valence-electron chi connectivity index (χ2n) is 5.44. The first-order valence-electron chi connectivity index (χ1n) is 7.31. The Morgan fingerprint density at radius 1 is 1.10 bits per heavy atom. The Morgan fingerprint density at radius 3 is 2.62 bits per heavy atom. The smallest absolute Gasteiger partial charge is 0.127 e. The molecular formula is C18H21NO2. The van der Waals surface area contributed by atoms with E-state index in [1.54, 1.807) is 14.2 Å². The lowest BCUT2D eigenvalue weighted by atomic mass is 9.91. The molecule has 3 heteroatoms. The van der Waals surface area contributed by atoms with E-state index in [-0.39, 0.29) is 0 Å². The average Bonchev–Trinajstić information content (AvgIpc) is 2.54. The largest absolute Gasteiger partial charge is 0.497 e. The van der Waals surface area contributed by atoms with E-state index in [1.165, 1.54) is 16.7 Å². The Balaban J connectivity index is 1.81. The monoisotopic (exact) mass is 283 g/mol. The number of nitrogens with one attached hydrogen (secondary N) is 1. The maximum absolute atomic E-state index is 5.49. The van der Waals surface area contributed by atoms with Crippen LogP contribution in [-0.2, 0) is 19.4 Å². The van der Waals surface area contributed by atoms with Crippen LogP contribution in [0.2, 0.25) is 0 Å². The molecule has 0 aliphatic carbocycles. The SMILES string of the molecule is COc1cc2c(c(OC)c1)CNC(Cc1ccccc1)C2. The van der Waals surface area contributed by atoms with Gasteiger partial charge in [0.15, 0.2) is 0 Å². The minimum atomic E-state index is 0.455. The highest BCUT2D eigenvalue weighted by atomic mass is 16.5. The summed E-state index contributed by atoms with van der Waals surface area (Å²) in [4.78, 5) is 0. The topological polar surface area (TPSA) is 30.5 Å². The second-order valence-corrected chi connectivity index (χ2v) is 5.44. The molecule has 0 fully saturated rings. The quantitative estimate of drug-likeness (QED) is 0.936. The van der Waals surface area contributed by atoms with Crippen LogP contribution in [0.25, 0.3) is 0 Å². The first-order chi connectivity index (χ1) is 10.3. The molecule has 0 bridgehead atoms. The van der Waals surface area contributed by atoms with Crippen LogP contribution in [0.5, 0.6) is 11.5 Å². The van der Waals surface area contributed by atoms with E-state index in [1.807, 2.05) is 6.07 Å². The summed E-state index contributed by atoms with van der Waals surface area (Å²) >= 11 is 0. The molecule has 1 aliphatic heterocycles. The van der Waals surface area contributed by atoms with E-state index in [9.17, 15) is 0 Å². The number of fused-ring (bicyclic) bond motifs is 1. The first-order valence-corrected chi connectivity index (χ1v) is 7.31. The molecule has 2 aromatic rings. The first kappa shape index (κ1) is 14.0. The Labute approximate surface area is 125 Å². The van der Waals surface area contributed by atoms with Gasteiger partial charge in [-0.3, -0.25) is 0 Å². The zero-order chi connectivity index (χ0) is 14.7. The van der Waals surface area contributed by atoms with Crippen molar-refractivity contribution in [3.8, 4) is 11.5 Å².